The van der Waals surface area contributed by atoms with Crippen LogP contribution in [0.15, 0.2) is 30.5 Å². The van der Waals surface area contributed by atoms with Gasteiger partial charge in [0, 0.05) is 23.1 Å². The van der Waals surface area contributed by atoms with Crippen LogP contribution in [0.3, 0.4) is 0 Å². The van der Waals surface area contributed by atoms with Gasteiger partial charge in [-0.2, -0.15) is 0 Å². The number of halogens is 2. The Hall–Kier alpha value is -2.73. The van der Waals surface area contributed by atoms with Crippen LogP contribution in [0.4, 0.5) is 10.1 Å². The van der Waals surface area contributed by atoms with E-state index in [2.05, 4.69) is 4.98 Å². The van der Waals surface area contributed by atoms with E-state index in [0.717, 1.165) is 12.6 Å². The first kappa shape index (κ1) is 16.7. The number of para-hydroxylation sites is 1. The third-order valence-corrected chi connectivity index (χ3v) is 4.86. The lowest BCUT2D eigenvalue weighted by molar-refractivity contribution is 0.0779. The Morgan fingerprint density at radius 2 is 2.15 bits per heavy atom. The highest BCUT2D eigenvalue weighted by atomic mass is 35.5. The summed E-state index contributed by atoms with van der Waals surface area (Å²) in [5.74, 6) is -0.579. The van der Waals surface area contributed by atoms with Gasteiger partial charge in [-0.15, -0.1) is 0 Å². The number of hydrogen-bond acceptors (Lipinski definition) is 4. The lowest BCUT2D eigenvalue weighted by Crippen LogP contribution is -2.24. The molecule has 0 saturated carbocycles. The van der Waals surface area contributed by atoms with E-state index in [1.54, 1.807) is 23.1 Å². The second-order valence-electron chi connectivity index (χ2n) is 6.27. The fourth-order valence-electron chi connectivity index (χ4n) is 3.41. The molecule has 0 bridgehead atoms. The van der Waals surface area contributed by atoms with Gasteiger partial charge in [-0.3, -0.25) is 4.79 Å². The maximum absolute atomic E-state index is 13.7. The number of carbonyl (C=O) groups excluding carboxylic acids is 1. The molecule has 1 amide bonds. The van der Waals surface area contributed by atoms with Gasteiger partial charge in [0.25, 0.3) is 5.91 Å². The molecular weight excluding hydrogens is 355 g/mol. The molecule has 26 heavy (non-hydrogen) atoms. The minimum atomic E-state index is -0.486. The molecule has 0 atom stereocenters. The Balaban J connectivity index is 1.97. The summed E-state index contributed by atoms with van der Waals surface area (Å²) in [6.45, 7) is 3.09. The molecule has 3 aromatic rings. The van der Waals surface area contributed by atoms with E-state index in [1.807, 2.05) is 6.92 Å². The SMILES string of the molecule is CCCN1Cc2nc3c(-c4cc(F)cnc4Cl)cccc3c(N)c2C1=O. The Labute approximate surface area is 154 Å². The fourth-order valence-corrected chi connectivity index (χ4v) is 3.61. The van der Waals surface area contributed by atoms with E-state index in [9.17, 15) is 9.18 Å². The third-order valence-electron chi connectivity index (χ3n) is 4.56. The number of benzene rings is 1. The Bertz CT molecular complexity index is 1050. The molecule has 2 aromatic heterocycles. The van der Waals surface area contributed by atoms with Crippen molar-refractivity contribution in [2.45, 2.75) is 19.9 Å². The molecule has 7 heteroatoms. The van der Waals surface area contributed by atoms with Crippen molar-refractivity contribution >= 4 is 34.1 Å². The van der Waals surface area contributed by atoms with Gasteiger partial charge in [0.2, 0.25) is 0 Å². The molecule has 0 aliphatic carbocycles. The van der Waals surface area contributed by atoms with Gasteiger partial charge >= 0.3 is 0 Å². The van der Waals surface area contributed by atoms with E-state index in [0.29, 0.717) is 52.1 Å². The molecule has 0 radical (unpaired) electrons. The molecule has 2 N–H and O–H groups in total. The third kappa shape index (κ3) is 2.49. The van der Waals surface area contributed by atoms with Crippen LogP contribution in [-0.4, -0.2) is 27.3 Å². The van der Waals surface area contributed by atoms with Crippen LogP contribution >= 0.6 is 11.6 Å². The maximum Gasteiger partial charge on any atom is 0.258 e. The molecule has 0 unspecified atom stereocenters. The highest BCUT2D eigenvalue weighted by Gasteiger charge is 2.32. The number of nitrogens with zero attached hydrogens (tertiary/aromatic N) is 3. The lowest BCUT2D eigenvalue weighted by atomic mass is 10.00. The first-order valence-electron chi connectivity index (χ1n) is 8.33. The number of hydrogen-bond donors (Lipinski definition) is 1. The summed E-state index contributed by atoms with van der Waals surface area (Å²) in [7, 11) is 0. The van der Waals surface area contributed by atoms with Crippen molar-refractivity contribution in [2.75, 3.05) is 12.3 Å². The lowest BCUT2D eigenvalue weighted by Gasteiger charge is -2.13. The smallest absolute Gasteiger partial charge is 0.258 e. The van der Waals surface area contributed by atoms with Gasteiger partial charge in [-0.1, -0.05) is 36.7 Å². The number of rotatable bonds is 3. The number of nitrogen functional groups attached to an aromatic ring is 1. The molecule has 3 heterocycles. The van der Waals surface area contributed by atoms with Gasteiger partial charge in [0.15, 0.2) is 0 Å². The van der Waals surface area contributed by atoms with Gasteiger partial charge < -0.3 is 10.6 Å². The molecule has 1 aliphatic rings. The maximum atomic E-state index is 13.7. The van der Waals surface area contributed by atoms with E-state index in [1.165, 1.54) is 6.07 Å². The average molecular weight is 371 g/mol. The van der Waals surface area contributed by atoms with Crippen molar-refractivity contribution in [3.05, 3.63) is 52.7 Å². The van der Waals surface area contributed by atoms with Crippen molar-refractivity contribution in [1.29, 1.82) is 0 Å². The number of pyridine rings is 2. The quantitative estimate of drug-likeness (QED) is 0.706. The zero-order valence-corrected chi connectivity index (χ0v) is 14.8. The second kappa shape index (κ2) is 6.21. The minimum absolute atomic E-state index is 0.0930. The number of anilines is 1. The number of nitrogens with two attached hydrogens (primary N) is 1. The van der Waals surface area contributed by atoms with Gasteiger partial charge in [0.05, 0.1) is 35.2 Å². The van der Waals surface area contributed by atoms with Gasteiger partial charge in [-0.25, -0.2) is 14.4 Å². The zero-order valence-electron chi connectivity index (χ0n) is 14.1. The van der Waals surface area contributed by atoms with E-state index >= 15 is 0 Å². The number of carbonyl (C=O) groups is 1. The van der Waals surface area contributed by atoms with Crippen LogP contribution in [0.1, 0.15) is 29.4 Å². The van der Waals surface area contributed by atoms with Crippen molar-refractivity contribution in [2.24, 2.45) is 0 Å². The van der Waals surface area contributed by atoms with Crippen LogP contribution in [-0.2, 0) is 6.54 Å². The molecule has 0 fully saturated rings. The highest BCUT2D eigenvalue weighted by molar-refractivity contribution is 6.32. The minimum Gasteiger partial charge on any atom is -0.397 e. The van der Waals surface area contributed by atoms with Gasteiger partial charge in [-0.05, 0) is 12.5 Å². The van der Waals surface area contributed by atoms with Crippen molar-refractivity contribution in [3.63, 3.8) is 0 Å². The summed E-state index contributed by atoms with van der Waals surface area (Å²) in [6, 6.07) is 6.71. The number of fused-ring (bicyclic) bond motifs is 2. The van der Waals surface area contributed by atoms with Crippen LogP contribution in [0.5, 0.6) is 0 Å². The van der Waals surface area contributed by atoms with E-state index in [-0.39, 0.29) is 11.1 Å². The molecule has 132 valence electrons. The predicted molar refractivity (Wildman–Crippen MR) is 99.4 cm³/mol. The molecule has 5 nitrogen and oxygen atoms in total. The summed E-state index contributed by atoms with van der Waals surface area (Å²) in [6.07, 6.45) is 1.92. The molecule has 1 aliphatic heterocycles. The molecule has 4 rings (SSSR count). The predicted octanol–water partition coefficient (Wildman–Crippen LogP) is 4.04. The molecule has 0 spiro atoms. The zero-order chi connectivity index (χ0) is 18.4. The van der Waals surface area contributed by atoms with Crippen LogP contribution < -0.4 is 5.73 Å². The Morgan fingerprint density at radius 1 is 1.35 bits per heavy atom. The largest absolute Gasteiger partial charge is 0.397 e. The van der Waals surface area contributed by atoms with E-state index in [4.69, 9.17) is 22.3 Å². The Kier molecular flexibility index (Phi) is 4.00. The first-order valence-corrected chi connectivity index (χ1v) is 8.70. The second-order valence-corrected chi connectivity index (χ2v) is 6.63. The highest BCUT2D eigenvalue weighted by Crippen LogP contribution is 2.38. The molecule has 0 saturated heterocycles. The first-order chi connectivity index (χ1) is 12.5. The van der Waals surface area contributed by atoms with Crippen molar-refractivity contribution in [3.8, 4) is 11.1 Å². The molecular formula is C19H16ClFN4O. The number of aromatic nitrogens is 2. The van der Waals surface area contributed by atoms with Gasteiger partial charge in [0.1, 0.15) is 11.0 Å². The normalized spacial score (nSPS) is 13.5. The summed E-state index contributed by atoms with van der Waals surface area (Å²) < 4.78 is 13.7. The Morgan fingerprint density at radius 3 is 2.92 bits per heavy atom. The van der Waals surface area contributed by atoms with Crippen molar-refractivity contribution < 1.29 is 9.18 Å². The average Bonchev–Trinajstić information content (AvgIpc) is 2.93. The van der Waals surface area contributed by atoms with E-state index < -0.39 is 5.82 Å². The summed E-state index contributed by atoms with van der Waals surface area (Å²) >= 11 is 6.18. The number of amides is 1. The fraction of sp³-hybridized carbons (Fsp3) is 0.211. The summed E-state index contributed by atoms with van der Waals surface area (Å²) in [4.78, 5) is 22.9. The summed E-state index contributed by atoms with van der Waals surface area (Å²) in [5, 5.41) is 0.830. The topological polar surface area (TPSA) is 72.1 Å². The standard InChI is InChI=1S/C19H16ClFN4O/c1-2-6-25-9-14-15(19(25)26)16(22)12-5-3-4-11(17(12)24-14)13-7-10(21)8-23-18(13)20/h3-5,7-8H,2,6,9H2,1H3,(H2,22,24). The van der Waals surface area contributed by atoms with Crippen molar-refractivity contribution in [1.82, 2.24) is 14.9 Å². The summed E-state index contributed by atoms with van der Waals surface area (Å²) in [5.41, 5.74) is 9.49. The van der Waals surface area contributed by atoms with Crippen LogP contribution in [0.2, 0.25) is 5.15 Å². The molecule has 1 aromatic carbocycles. The van der Waals surface area contributed by atoms with Crippen LogP contribution in [0, 0.1) is 5.82 Å². The monoisotopic (exact) mass is 370 g/mol. The van der Waals surface area contributed by atoms with Crippen LogP contribution in [0.25, 0.3) is 22.0 Å².